The van der Waals surface area contributed by atoms with Crippen molar-refractivity contribution in [2.45, 2.75) is 45.6 Å². The molecule has 1 aromatic carbocycles. The Hall–Kier alpha value is -1.38. The van der Waals surface area contributed by atoms with Crippen LogP contribution in [0.25, 0.3) is 0 Å². The minimum absolute atomic E-state index is 0.259. The second-order valence-corrected chi connectivity index (χ2v) is 5.61. The molecule has 134 valence electrons. The molecular weight excluding hydrogens is 304 g/mol. The predicted octanol–water partition coefficient (Wildman–Crippen LogP) is 3.90. The number of hydrogen-bond donors (Lipinski definition) is 0. The molecule has 0 fully saturated rings. The van der Waals surface area contributed by atoms with Crippen LogP contribution in [0.3, 0.4) is 0 Å². The first-order valence-corrected chi connectivity index (χ1v) is 8.55. The van der Waals surface area contributed by atoms with E-state index in [1.54, 1.807) is 14.2 Å². The maximum Gasteiger partial charge on any atom is 0.147 e. The van der Waals surface area contributed by atoms with Gasteiger partial charge in [0.05, 0.1) is 6.61 Å². The number of methoxy groups -OCH3 is 2. The van der Waals surface area contributed by atoms with E-state index in [-0.39, 0.29) is 13.6 Å². The molecule has 1 rings (SSSR count). The average molecular weight is 334 g/mol. The molecule has 1 aromatic rings. The Morgan fingerprint density at radius 1 is 0.958 bits per heavy atom. The van der Waals surface area contributed by atoms with Crippen LogP contribution in [-0.4, -0.2) is 34.4 Å². The van der Waals surface area contributed by atoms with Gasteiger partial charge in [-0.25, -0.2) is 0 Å². The Labute approximate surface area is 146 Å². The van der Waals surface area contributed by atoms with Gasteiger partial charge in [-0.3, -0.25) is 0 Å². The first-order chi connectivity index (χ1) is 11.8. The molecule has 0 bridgehead atoms. The van der Waals surface area contributed by atoms with Crippen molar-refractivity contribution >= 4 is 0 Å². The molecule has 0 heterocycles. The second-order valence-electron chi connectivity index (χ2n) is 5.61. The van der Waals surface area contributed by atoms with Crippen LogP contribution >= 0.6 is 0 Å². The van der Waals surface area contributed by atoms with Crippen molar-refractivity contribution in [2.75, 3.05) is 34.4 Å². The quantitative estimate of drug-likeness (QED) is 0.330. The first-order valence-electron chi connectivity index (χ1n) is 8.55. The lowest BCUT2D eigenvalue weighted by atomic mass is 10.0. The van der Waals surface area contributed by atoms with Crippen molar-refractivity contribution in [3.8, 4) is 11.8 Å². The van der Waals surface area contributed by atoms with Crippen LogP contribution in [0.2, 0.25) is 0 Å². The molecule has 0 amide bonds. The van der Waals surface area contributed by atoms with Crippen molar-refractivity contribution in [2.24, 2.45) is 0 Å². The Balaban J connectivity index is 2.69. The van der Waals surface area contributed by atoms with Gasteiger partial charge in [-0.2, -0.15) is 0 Å². The Kier molecular flexibility index (Phi) is 12.1. The summed E-state index contributed by atoms with van der Waals surface area (Å²) < 4.78 is 20.5. The van der Waals surface area contributed by atoms with Gasteiger partial charge in [-0.05, 0) is 30.0 Å². The van der Waals surface area contributed by atoms with Gasteiger partial charge < -0.3 is 18.9 Å². The Morgan fingerprint density at radius 3 is 2.50 bits per heavy atom. The SMILES string of the molecule is CCCCCCc1ccc(C#CCOCOC)c(COCOC)c1. The van der Waals surface area contributed by atoms with Gasteiger partial charge in [-0.15, -0.1) is 0 Å². The molecule has 0 N–H and O–H groups in total. The normalized spacial score (nSPS) is 10.5. The predicted molar refractivity (Wildman–Crippen MR) is 95.7 cm³/mol. The highest BCUT2D eigenvalue weighted by atomic mass is 16.7. The molecule has 0 atom stereocenters. The highest BCUT2D eigenvalue weighted by Gasteiger charge is 2.03. The van der Waals surface area contributed by atoms with E-state index < -0.39 is 0 Å². The number of aryl methyl sites for hydroxylation is 1. The largest absolute Gasteiger partial charge is 0.359 e. The number of hydrogen-bond acceptors (Lipinski definition) is 4. The average Bonchev–Trinajstić information content (AvgIpc) is 2.60. The van der Waals surface area contributed by atoms with Crippen molar-refractivity contribution < 1.29 is 18.9 Å². The van der Waals surface area contributed by atoms with Gasteiger partial charge in [-0.1, -0.05) is 50.2 Å². The highest BCUT2D eigenvalue weighted by Crippen LogP contribution is 2.15. The molecule has 0 spiro atoms. The summed E-state index contributed by atoms with van der Waals surface area (Å²) in [5.41, 5.74) is 3.41. The standard InChI is InChI=1S/C20H30O4/c1-4-5-6-7-9-18-11-12-19(10-8-13-23-16-21-2)20(14-18)15-24-17-22-3/h11-12,14H,4-7,9,13,15-17H2,1-3H3. The second kappa shape index (κ2) is 14.0. The molecule has 0 radical (unpaired) electrons. The van der Waals surface area contributed by atoms with E-state index >= 15 is 0 Å². The monoisotopic (exact) mass is 334 g/mol. The van der Waals surface area contributed by atoms with Gasteiger partial charge in [0, 0.05) is 19.8 Å². The fourth-order valence-electron chi connectivity index (χ4n) is 2.34. The van der Waals surface area contributed by atoms with Gasteiger partial charge >= 0.3 is 0 Å². The topological polar surface area (TPSA) is 36.9 Å². The summed E-state index contributed by atoms with van der Waals surface area (Å²) in [6.07, 6.45) is 6.17. The zero-order valence-electron chi connectivity index (χ0n) is 15.2. The van der Waals surface area contributed by atoms with Crippen LogP contribution < -0.4 is 0 Å². The number of ether oxygens (including phenoxy) is 4. The van der Waals surface area contributed by atoms with Crippen LogP contribution in [0.15, 0.2) is 18.2 Å². The minimum atomic E-state index is 0.259. The number of benzene rings is 1. The fraction of sp³-hybridized carbons (Fsp3) is 0.600. The van der Waals surface area contributed by atoms with E-state index in [4.69, 9.17) is 18.9 Å². The Morgan fingerprint density at radius 2 is 1.75 bits per heavy atom. The van der Waals surface area contributed by atoms with E-state index in [0.717, 1.165) is 17.5 Å². The fourth-order valence-corrected chi connectivity index (χ4v) is 2.34. The first kappa shape index (κ1) is 20.7. The summed E-state index contributed by atoms with van der Waals surface area (Å²) in [6.45, 7) is 3.62. The summed E-state index contributed by atoms with van der Waals surface area (Å²) >= 11 is 0. The molecule has 0 aromatic heterocycles. The third-order valence-electron chi connectivity index (χ3n) is 3.55. The lowest BCUT2D eigenvalue weighted by molar-refractivity contribution is -0.0391. The minimum Gasteiger partial charge on any atom is -0.359 e. The van der Waals surface area contributed by atoms with Crippen LogP contribution in [0.4, 0.5) is 0 Å². The van der Waals surface area contributed by atoms with Gasteiger partial charge in [0.1, 0.15) is 20.2 Å². The van der Waals surface area contributed by atoms with E-state index in [1.165, 1.54) is 31.2 Å². The summed E-state index contributed by atoms with van der Waals surface area (Å²) in [7, 11) is 3.22. The van der Waals surface area contributed by atoms with Crippen LogP contribution in [0, 0.1) is 11.8 Å². The maximum absolute atomic E-state index is 5.51. The van der Waals surface area contributed by atoms with E-state index in [2.05, 4.69) is 37.0 Å². The van der Waals surface area contributed by atoms with Crippen LogP contribution in [0.5, 0.6) is 0 Å². The number of unbranched alkanes of at least 4 members (excludes halogenated alkanes) is 3. The zero-order valence-corrected chi connectivity index (χ0v) is 15.2. The third kappa shape index (κ3) is 9.05. The van der Waals surface area contributed by atoms with Crippen molar-refractivity contribution in [1.82, 2.24) is 0 Å². The Bertz CT molecular complexity index is 502. The molecule has 0 unspecified atom stereocenters. The van der Waals surface area contributed by atoms with E-state index in [0.29, 0.717) is 13.2 Å². The zero-order chi connectivity index (χ0) is 17.5. The molecule has 0 aliphatic carbocycles. The van der Waals surface area contributed by atoms with E-state index in [9.17, 15) is 0 Å². The van der Waals surface area contributed by atoms with Crippen molar-refractivity contribution in [3.63, 3.8) is 0 Å². The molecule has 24 heavy (non-hydrogen) atoms. The maximum atomic E-state index is 5.51. The lowest BCUT2D eigenvalue weighted by Gasteiger charge is -2.09. The molecular formula is C20H30O4. The molecule has 0 aliphatic heterocycles. The smallest absolute Gasteiger partial charge is 0.147 e. The van der Waals surface area contributed by atoms with Gasteiger partial charge in [0.15, 0.2) is 0 Å². The molecule has 0 aliphatic rings. The van der Waals surface area contributed by atoms with Crippen LogP contribution in [0.1, 0.15) is 49.3 Å². The van der Waals surface area contributed by atoms with E-state index in [1.807, 2.05) is 0 Å². The van der Waals surface area contributed by atoms with Crippen molar-refractivity contribution in [1.29, 1.82) is 0 Å². The lowest BCUT2D eigenvalue weighted by Crippen LogP contribution is -2.01. The summed E-state index contributed by atoms with van der Waals surface area (Å²) in [4.78, 5) is 0. The summed E-state index contributed by atoms with van der Waals surface area (Å²) in [6, 6.07) is 6.43. The van der Waals surface area contributed by atoms with Crippen LogP contribution in [-0.2, 0) is 32.0 Å². The van der Waals surface area contributed by atoms with Gasteiger partial charge in [0.2, 0.25) is 0 Å². The molecule has 0 saturated carbocycles. The summed E-state index contributed by atoms with van der Waals surface area (Å²) in [5.74, 6) is 6.16. The summed E-state index contributed by atoms with van der Waals surface area (Å²) in [5, 5.41) is 0. The highest BCUT2D eigenvalue weighted by molar-refractivity contribution is 5.43. The number of rotatable bonds is 12. The van der Waals surface area contributed by atoms with Crippen molar-refractivity contribution in [3.05, 3.63) is 34.9 Å². The molecule has 0 saturated heterocycles. The van der Waals surface area contributed by atoms with Gasteiger partial charge in [0.25, 0.3) is 0 Å². The third-order valence-corrected chi connectivity index (χ3v) is 3.55. The molecule has 4 nitrogen and oxygen atoms in total. The molecule has 4 heteroatoms.